The van der Waals surface area contributed by atoms with Crippen molar-refractivity contribution in [3.63, 3.8) is 0 Å². The Morgan fingerprint density at radius 1 is 1.35 bits per heavy atom. The molecule has 1 unspecified atom stereocenters. The molecule has 0 saturated carbocycles. The van der Waals surface area contributed by atoms with Crippen LogP contribution in [-0.2, 0) is 9.53 Å². The molecule has 1 N–H and O–H groups in total. The number of carbonyl (C=O) groups excluding carboxylic acids is 1. The van der Waals surface area contributed by atoms with Crippen LogP contribution in [0.5, 0.6) is 11.5 Å². The highest BCUT2D eigenvalue weighted by atomic mass is 32.2. The molecule has 0 radical (unpaired) electrons. The highest BCUT2D eigenvalue weighted by Gasteiger charge is 2.18. The molecular formula is C17H21N3O5S. The Kier molecular flexibility index (Phi) is 6.35. The summed E-state index contributed by atoms with van der Waals surface area (Å²) in [6.07, 6.45) is 2.16. The Morgan fingerprint density at radius 3 is 2.96 bits per heavy atom. The van der Waals surface area contributed by atoms with E-state index in [9.17, 15) is 4.79 Å². The molecule has 2 heterocycles. The molecule has 1 aliphatic heterocycles. The van der Waals surface area contributed by atoms with E-state index in [-0.39, 0.29) is 17.8 Å². The van der Waals surface area contributed by atoms with Gasteiger partial charge in [0.25, 0.3) is 11.1 Å². The standard InChI is InChI=1S/C17H21N3O5S/c1-22-11-5-6-14(23-2)13(8-11)16-19-20-17(25-16)26-10-15(21)18-9-12-4-3-7-24-12/h5-6,8,12H,3-4,7,9-10H2,1-2H3,(H,18,21). The molecular weight excluding hydrogens is 358 g/mol. The number of hydrogen-bond acceptors (Lipinski definition) is 8. The number of nitrogens with zero attached hydrogens (tertiary/aromatic N) is 2. The fourth-order valence-electron chi connectivity index (χ4n) is 2.57. The second kappa shape index (κ2) is 8.91. The molecule has 1 saturated heterocycles. The summed E-state index contributed by atoms with van der Waals surface area (Å²) in [5.74, 6) is 1.66. The molecule has 1 atom stereocenters. The number of ether oxygens (including phenoxy) is 3. The minimum absolute atomic E-state index is 0.0933. The van der Waals surface area contributed by atoms with Crippen molar-refractivity contribution in [2.24, 2.45) is 0 Å². The normalized spacial score (nSPS) is 16.5. The van der Waals surface area contributed by atoms with E-state index in [2.05, 4.69) is 15.5 Å². The lowest BCUT2D eigenvalue weighted by Crippen LogP contribution is -2.32. The van der Waals surface area contributed by atoms with E-state index in [1.54, 1.807) is 32.4 Å². The van der Waals surface area contributed by atoms with Gasteiger partial charge in [-0.3, -0.25) is 4.79 Å². The van der Waals surface area contributed by atoms with Gasteiger partial charge < -0.3 is 23.9 Å². The van der Waals surface area contributed by atoms with E-state index in [4.69, 9.17) is 18.6 Å². The van der Waals surface area contributed by atoms with Crippen LogP contribution in [0.3, 0.4) is 0 Å². The van der Waals surface area contributed by atoms with Crippen molar-refractivity contribution < 1.29 is 23.4 Å². The lowest BCUT2D eigenvalue weighted by atomic mass is 10.2. The van der Waals surface area contributed by atoms with Crippen molar-refractivity contribution in [2.75, 3.05) is 33.1 Å². The summed E-state index contributed by atoms with van der Waals surface area (Å²) in [5, 5.41) is 11.2. The Balaban J connectivity index is 1.57. The summed E-state index contributed by atoms with van der Waals surface area (Å²) in [6, 6.07) is 5.31. The Morgan fingerprint density at radius 2 is 2.23 bits per heavy atom. The number of carbonyl (C=O) groups is 1. The number of rotatable bonds is 8. The van der Waals surface area contributed by atoms with E-state index in [0.29, 0.717) is 34.7 Å². The van der Waals surface area contributed by atoms with Gasteiger partial charge in [-0.2, -0.15) is 0 Å². The van der Waals surface area contributed by atoms with Crippen LogP contribution >= 0.6 is 11.8 Å². The molecule has 26 heavy (non-hydrogen) atoms. The van der Waals surface area contributed by atoms with Crippen LogP contribution in [0.4, 0.5) is 0 Å². The first-order chi connectivity index (χ1) is 12.7. The Bertz CT molecular complexity index is 746. The summed E-state index contributed by atoms with van der Waals surface area (Å²) in [7, 11) is 3.14. The number of methoxy groups -OCH3 is 2. The first kappa shape index (κ1) is 18.5. The molecule has 1 aromatic carbocycles. The largest absolute Gasteiger partial charge is 0.497 e. The van der Waals surface area contributed by atoms with Gasteiger partial charge in [-0.05, 0) is 31.0 Å². The van der Waals surface area contributed by atoms with E-state index in [1.165, 1.54) is 11.8 Å². The smallest absolute Gasteiger partial charge is 0.277 e. The molecule has 0 spiro atoms. The second-order valence-corrected chi connectivity index (χ2v) is 6.59. The zero-order valence-electron chi connectivity index (χ0n) is 14.7. The van der Waals surface area contributed by atoms with Gasteiger partial charge >= 0.3 is 0 Å². The van der Waals surface area contributed by atoms with Crippen molar-refractivity contribution in [2.45, 2.75) is 24.2 Å². The van der Waals surface area contributed by atoms with Crippen LogP contribution in [-0.4, -0.2) is 55.3 Å². The maximum atomic E-state index is 11.9. The van der Waals surface area contributed by atoms with Crippen molar-refractivity contribution >= 4 is 17.7 Å². The molecule has 2 aromatic rings. The molecule has 1 aromatic heterocycles. The average molecular weight is 379 g/mol. The lowest BCUT2D eigenvalue weighted by Gasteiger charge is -2.09. The number of nitrogens with one attached hydrogen (secondary N) is 1. The van der Waals surface area contributed by atoms with Crippen molar-refractivity contribution in [1.29, 1.82) is 0 Å². The lowest BCUT2D eigenvalue weighted by molar-refractivity contribution is -0.119. The number of thioether (sulfide) groups is 1. The predicted molar refractivity (Wildman–Crippen MR) is 95.5 cm³/mol. The zero-order chi connectivity index (χ0) is 18.4. The van der Waals surface area contributed by atoms with Gasteiger partial charge in [0.2, 0.25) is 5.91 Å². The SMILES string of the molecule is COc1ccc(OC)c(-c2nnc(SCC(=O)NCC3CCCO3)o2)c1. The molecule has 1 amide bonds. The Hall–Kier alpha value is -2.26. The summed E-state index contributed by atoms with van der Waals surface area (Å²) >= 11 is 1.18. The summed E-state index contributed by atoms with van der Waals surface area (Å²) in [6.45, 7) is 1.31. The van der Waals surface area contributed by atoms with Gasteiger partial charge in [0.15, 0.2) is 0 Å². The van der Waals surface area contributed by atoms with Gasteiger partial charge in [0.1, 0.15) is 11.5 Å². The van der Waals surface area contributed by atoms with Gasteiger partial charge in [0.05, 0.1) is 31.6 Å². The number of benzene rings is 1. The first-order valence-corrected chi connectivity index (χ1v) is 9.25. The van der Waals surface area contributed by atoms with E-state index >= 15 is 0 Å². The van der Waals surface area contributed by atoms with Crippen LogP contribution < -0.4 is 14.8 Å². The highest BCUT2D eigenvalue weighted by molar-refractivity contribution is 7.99. The van der Waals surface area contributed by atoms with Crippen molar-refractivity contribution in [1.82, 2.24) is 15.5 Å². The van der Waals surface area contributed by atoms with E-state index in [0.717, 1.165) is 19.4 Å². The molecule has 9 heteroatoms. The summed E-state index contributed by atoms with van der Waals surface area (Å²) in [5.41, 5.74) is 0.633. The van der Waals surface area contributed by atoms with Crippen LogP contribution in [0, 0.1) is 0 Å². The van der Waals surface area contributed by atoms with Crippen molar-refractivity contribution in [3.8, 4) is 23.0 Å². The molecule has 3 rings (SSSR count). The summed E-state index contributed by atoms with van der Waals surface area (Å²) < 4.78 is 21.7. The van der Waals surface area contributed by atoms with Gasteiger partial charge in [-0.15, -0.1) is 10.2 Å². The fourth-order valence-corrected chi connectivity index (χ4v) is 3.16. The maximum absolute atomic E-state index is 11.9. The first-order valence-electron chi connectivity index (χ1n) is 8.26. The number of aromatic nitrogens is 2. The van der Waals surface area contributed by atoms with Crippen LogP contribution in [0.15, 0.2) is 27.8 Å². The van der Waals surface area contributed by atoms with Crippen LogP contribution in [0.1, 0.15) is 12.8 Å². The minimum atomic E-state index is -0.0933. The van der Waals surface area contributed by atoms with Crippen LogP contribution in [0.2, 0.25) is 0 Å². The summed E-state index contributed by atoms with van der Waals surface area (Å²) in [4.78, 5) is 11.9. The van der Waals surface area contributed by atoms with Crippen LogP contribution in [0.25, 0.3) is 11.5 Å². The fraction of sp³-hybridized carbons (Fsp3) is 0.471. The second-order valence-electron chi connectivity index (χ2n) is 5.67. The third-order valence-corrected chi connectivity index (χ3v) is 4.74. The number of hydrogen-bond donors (Lipinski definition) is 1. The third kappa shape index (κ3) is 4.67. The Labute approximate surface area is 155 Å². The van der Waals surface area contributed by atoms with Crippen molar-refractivity contribution in [3.05, 3.63) is 18.2 Å². The average Bonchev–Trinajstić information content (AvgIpc) is 3.36. The molecule has 1 aliphatic rings. The van der Waals surface area contributed by atoms with Gasteiger partial charge in [-0.25, -0.2) is 0 Å². The molecule has 0 aliphatic carbocycles. The van der Waals surface area contributed by atoms with Gasteiger partial charge in [0, 0.05) is 13.2 Å². The van der Waals surface area contributed by atoms with E-state index in [1.807, 2.05) is 0 Å². The topological polar surface area (TPSA) is 95.7 Å². The minimum Gasteiger partial charge on any atom is -0.497 e. The zero-order valence-corrected chi connectivity index (χ0v) is 15.5. The maximum Gasteiger partial charge on any atom is 0.277 e. The quantitative estimate of drug-likeness (QED) is 0.697. The molecule has 0 bridgehead atoms. The monoisotopic (exact) mass is 379 g/mol. The van der Waals surface area contributed by atoms with E-state index < -0.39 is 0 Å². The molecule has 1 fully saturated rings. The molecule has 8 nitrogen and oxygen atoms in total. The third-order valence-electron chi connectivity index (χ3n) is 3.92. The molecule has 140 valence electrons. The predicted octanol–water partition coefficient (Wildman–Crippen LogP) is 2.14. The highest BCUT2D eigenvalue weighted by Crippen LogP contribution is 2.33. The van der Waals surface area contributed by atoms with Gasteiger partial charge in [-0.1, -0.05) is 11.8 Å². The number of amides is 1.